The van der Waals surface area contributed by atoms with Crippen molar-refractivity contribution in [2.75, 3.05) is 0 Å². The highest BCUT2D eigenvalue weighted by molar-refractivity contribution is 9.10. The van der Waals surface area contributed by atoms with E-state index in [0.717, 1.165) is 22.5 Å². The number of aliphatic hydroxyl groups is 1. The zero-order valence-corrected chi connectivity index (χ0v) is 12.7. The third kappa shape index (κ3) is 2.87. The fourth-order valence-corrected chi connectivity index (χ4v) is 2.69. The summed E-state index contributed by atoms with van der Waals surface area (Å²) >= 11 is 3.15. The summed E-state index contributed by atoms with van der Waals surface area (Å²) < 4.78 is 15.3. The van der Waals surface area contributed by atoms with Gasteiger partial charge in [-0.1, -0.05) is 6.07 Å². The van der Waals surface area contributed by atoms with Gasteiger partial charge in [-0.15, -0.1) is 0 Å². The molecule has 5 heteroatoms. The van der Waals surface area contributed by atoms with E-state index in [1.54, 1.807) is 16.8 Å². The van der Waals surface area contributed by atoms with E-state index in [-0.39, 0.29) is 5.82 Å². The fourth-order valence-electron chi connectivity index (χ4n) is 2.26. The molecule has 19 heavy (non-hydrogen) atoms. The van der Waals surface area contributed by atoms with E-state index in [9.17, 15) is 9.50 Å². The average molecular weight is 327 g/mol. The van der Waals surface area contributed by atoms with Crippen molar-refractivity contribution in [3.05, 3.63) is 51.0 Å². The summed E-state index contributed by atoms with van der Waals surface area (Å²) in [6.45, 7) is 3.81. The normalized spacial score (nSPS) is 12.7. The number of halogens is 2. The van der Waals surface area contributed by atoms with E-state index in [1.165, 1.54) is 6.07 Å². The smallest absolute Gasteiger partial charge is 0.137 e. The van der Waals surface area contributed by atoms with E-state index in [4.69, 9.17) is 0 Å². The number of hydrogen-bond donors (Lipinski definition) is 1. The van der Waals surface area contributed by atoms with Crippen LogP contribution in [-0.4, -0.2) is 14.9 Å². The molecule has 0 aliphatic carbocycles. The summed E-state index contributed by atoms with van der Waals surface area (Å²) in [5.74, 6) is -0.299. The van der Waals surface area contributed by atoms with E-state index < -0.39 is 6.10 Å². The van der Waals surface area contributed by atoms with Crippen LogP contribution >= 0.6 is 15.9 Å². The van der Waals surface area contributed by atoms with Crippen molar-refractivity contribution >= 4 is 15.9 Å². The number of nitrogens with zero attached hydrogens (tertiary/aromatic N) is 2. The first-order chi connectivity index (χ1) is 8.90. The summed E-state index contributed by atoms with van der Waals surface area (Å²) in [6, 6.07) is 4.78. The molecule has 0 saturated carbocycles. The van der Waals surface area contributed by atoms with Crippen LogP contribution in [-0.2, 0) is 13.5 Å². The Bertz CT molecular complexity index is 610. The van der Waals surface area contributed by atoms with Crippen LogP contribution in [0.15, 0.2) is 22.7 Å². The second-order valence-corrected chi connectivity index (χ2v) is 5.53. The maximum Gasteiger partial charge on any atom is 0.137 e. The van der Waals surface area contributed by atoms with Gasteiger partial charge in [-0.25, -0.2) is 4.39 Å². The van der Waals surface area contributed by atoms with Gasteiger partial charge in [0, 0.05) is 24.7 Å². The highest BCUT2D eigenvalue weighted by atomic mass is 79.9. The summed E-state index contributed by atoms with van der Waals surface area (Å²) in [7, 11) is 1.85. The van der Waals surface area contributed by atoms with E-state index in [0.29, 0.717) is 10.9 Å². The Morgan fingerprint density at radius 2 is 2.11 bits per heavy atom. The minimum atomic E-state index is -0.633. The van der Waals surface area contributed by atoms with Gasteiger partial charge < -0.3 is 5.11 Å². The van der Waals surface area contributed by atoms with Crippen molar-refractivity contribution < 1.29 is 9.50 Å². The maximum absolute atomic E-state index is 13.2. The van der Waals surface area contributed by atoms with Gasteiger partial charge in [-0.3, -0.25) is 4.68 Å². The lowest BCUT2D eigenvalue weighted by atomic mass is 10.00. The molecule has 0 aliphatic heterocycles. The summed E-state index contributed by atoms with van der Waals surface area (Å²) in [5.41, 5.74) is 3.51. The monoisotopic (exact) mass is 326 g/mol. The minimum Gasteiger partial charge on any atom is -0.388 e. The number of benzene rings is 1. The molecule has 1 heterocycles. The van der Waals surface area contributed by atoms with Gasteiger partial charge in [0.05, 0.1) is 16.3 Å². The van der Waals surface area contributed by atoms with Crippen LogP contribution < -0.4 is 0 Å². The molecule has 1 unspecified atom stereocenters. The predicted molar refractivity (Wildman–Crippen MR) is 75.4 cm³/mol. The van der Waals surface area contributed by atoms with Crippen LogP contribution in [0, 0.1) is 19.7 Å². The average Bonchev–Trinajstić information content (AvgIpc) is 2.58. The van der Waals surface area contributed by atoms with Crippen LogP contribution in [0.2, 0.25) is 0 Å². The highest BCUT2D eigenvalue weighted by Crippen LogP contribution is 2.26. The van der Waals surface area contributed by atoms with Crippen molar-refractivity contribution in [2.24, 2.45) is 7.05 Å². The van der Waals surface area contributed by atoms with Gasteiger partial charge in [0.2, 0.25) is 0 Å². The molecule has 0 saturated heterocycles. The summed E-state index contributed by atoms with van der Waals surface area (Å²) in [6.07, 6.45) is -0.197. The SMILES string of the molecule is Cc1nn(C)c(C)c1C(O)Cc1ccc(F)c(Br)c1. The van der Waals surface area contributed by atoms with Gasteiger partial charge in [-0.2, -0.15) is 5.10 Å². The van der Waals surface area contributed by atoms with Gasteiger partial charge in [0.1, 0.15) is 5.82 Å². The summed E-state index contributed by atoms with van der Waals surface area (Å²) in [4.78, 5) is 0. The Kier molecular flexibility index (Phi) is 4.06. The van der Waals surface area contributed by atoms with Gasteiger partial charge >= 0.3 is 0 Å². The molecule has 1 aromatic heterocycles. The molecule has 2 rings (SSSR count). The Labute approximate surface area is 120 Å². The first-order valence-electron chi connectivity index (χ1n) is 6.02. The second kappa shape index (κ2) is 5.43. The molecule has 0 bridgehead atoms. The molecule has 1 atom stereocenters. The lowest BCUT2D eigenvalue weighted by Crippen LogP contribution is -2.05. The lowest BCUT2D eigenvalue weighted by Gasteiger charge is -2.12. The molecule has 0 spiro atoms. The number of aryl methyl sites for hydroxylation is 2. The number of hydrogen-bond acceptors (Lipinski definition) is 2. The van der Waals surface area contributed by atoms with E-state index in [2.05, 4.69) is 21.0 Å². The topological polar surface area (TPSA) is 38.0 Å². The molecule has 0 amide bonds. The Hall–Kier alpha value is -1.20. The molecule has 0 fully saturated rings. The van der Waals surface area contributed by atoms with Crippen LogP contribution in [0.1, 0.15) is 28.6 Å². The second-order valence-electron chi connectivity index (χ2n) is 4.68. The van der Waals surface area contributed by atoms with E-state index in [1.807, 2.05) is 20.9 Å². The number of rotatable bonds is 3. The van der Waals surface area contributed by atoms with E-state index >= 15 is 0 Å². The largest absolute Gasteiger partial charge is 0.388 e. The molecule has 1 N–H and O–H groups in total. The number of aliphatic hydroxyl groups excluding tert-OH is 1. The highest BCUT2D eigenvalue weighted by Gasteiger charge is 2.18. The Morgan fingerprint density at radius 1 is 1.42 bits per heavy atom. The molecule has 3 nitrogen and oxygen atoms in total. The Balaban J connectivity index is 2.25. The molecule has 2 aromatic rings. The first-order valence-corrected chi connectivity index (χ1v) is 6.81. The van der Waals surface area contributed by atoms with Gasteiger partial charge in [0.25, 0.3) is 0 Å². The van der Waals surface area contributed by atoms with Crippen molar-refractivity contribution in [2.45, 2.75) is 26.4 Å². The Morgan fingerprint density at radius 3 is 2.63 bits per heavy atom. The van der Waals surface area contributed by atoms with Crippen LogP contribution in [0.5, 0.6) is 0 Å². The van der Waals surface area contributed by atoms with Crippen molar-refractivity contribution in [3.63, 3.8) is 0 Å². The quantitative estimate of drug-likeness (QED) is 0.940. The predicted octanol–water partition coefficient (Wildman–Crippen LogP) is 3.21. The molecule has 102 valence electrons. The standard InChI is InChI=1S/C14H16BrFN2O/c1-8-14(9(2)18(3)17-8)13(19)7-10-4-5-12(16)11(15)6-10/h4-6,13,19H,7H2,1-3H3. The zero-order chi connectivity index (χ0) is 14.2. The third-order valence-corrected chi connectivity index (χ3v) is 3.92. The molecule has 1 aromatic carbocycles. The third-order valence-electron chi connectivity index (χ3n) is 3.31. The van der Waals surface area contributed by atoms with Crippen molar-refractivity contribution in [1.29, 1.82) is 0 Å². The van der Waals surface area contributed by atoms with Crippen LogP contribution in [0.3, 0.4) is 0 Å². The summed E-state index contributed by atoms with van der Waals surface area (Å²) in [5, 5.41) is 14.6. The van der Waals surface area contributed by atoms with Crippen LogP contribution in [0.25, 0.3) is 0 Å². The zero-order valence-electron chi connectivity index (χ0n) is 11.1. The molecule has 0 radical (unpaired) electrons. The minimum absolute atomic E-state index is 0.299. The molecule has 0 aliphatic rings. The van der Waals surface area contributed by atoms with Crippen LogP contribution in [0.4, 0.5) is 4.39 Å². The molecular weight excluding hydrogens is 311 g/mol. The maximum atomic E-state index is 13.2. The van der Waals surface area contributed by atoms with Gasteiger partial charge in [0.15, 0.2) is 0 Å². The lowest BCUT2D eigenvalue weighted by molar-refractivity contribution is 0.177. The van der Waals surface area contributed by atoms with Gasteiger partial charge in [-0.05, 0) is 47.5 Å². The number of aromatic nitrogens is 2. The van der Waals surface area contributed by atoms with Crippen molar-refractivity contribution in [1.82, 2.24) is 9.78 Å². The fraction of sp³-hybridized carbons (Fsp3) is 0.357. The van der Waals surface area contributed by atoms with Crippen molar-refractivity contribution in [3.8, 4) is 0 Å². The first kappa shape index (κ1) is 14.2. The molecular formula is C14H16BrFN2O.